The Morgan fingerprint density at radius 1 is 0.273 bits per heavy atom. The summed E-state index contributed by atoms with van der Waals surface area (Å²) in [6, 6.07) is 0. The lowest BCUT2D eigenvalue weighted by atomic mass is 10.1. The van der Waals surface area contributed by atoms with Gasteiger partial charge in [-0.15, -0.1) is 0 Å². The van der Waals surface area contributed by atoms with Crippen molar-refractivity contribution in [3.8, 4) is 0 Å². The van der Waals surface area contributed by atoms with Gasteiger partial charge in [0.25, 0.3) is 0 Å². The van der Waals surface area contributed by atoms with Crippen LogP contribution in [0.2, 0.25) is 0 Å². The molecular weight excluding hydrogens is 949 g/mol. The van der Waals surface area contributed by atoms with Crippen LogP contribution in [0.5, 0.6) is 0 Å². The largest absolute Gasteiger partial charge is 0.462 e. The number of carbonyl (C=O) groups excluding carboxylic acids is 3. The Labute approximate surface area is 472 Å². The lowest BCUT2D eigenvalue weighted by Crippen LogP contribution is -2.30. The fourth-order valence-electron chi connectivity index (χ4n) is 7.66. The zero-order chi connectivity index (χ0) is 55.7. The lowest BCUT2D eigenvalue weighted by Gasteiger charge is -2.18. The highest BCUT2D eigenvalue weighted by molar-refractivity contribution is 5.71. The van der Waals surface area contributed by atoms with Crippen molar-refractivity contribution in [2.24, 2.45) is 0 Å². The summed E-state index contributed by atoms with van der Waals surface area (Å²) < 4.78 is 16.8. The van der Waals surface area contributed by atoms with E-state index in [4.69, 9.17) is 14.2 Å². The van der Waals surface area contributed by atoms with Crippen LogP contribution in [0.15, 0.2) is 170 Å². The number of esters is 3. The van der Waals surface area contributed by atoms with E-state index in [1.54, 1.807) is 0 Å². The van der Waals surface area contributed by atoms with Gasteiger partial charge < -0.3 is 14.2 Å². The molecule has 0 amide bonds. The zero-order valence-electron chi connectivity index (χ0n) is 49.1. The maximum atomic E-state index is 12.8. The predicted octanol–water partition coefficient (Wildman–Crippen LogP) is 21.1. The molecule has 0 bridgehead atoms. The molecule has 0 fully saturated rings. The first kappa shape index (κ1) is 71.8. The van der Waals surface area contributed by atoms with Crippen LogP contribution in [0.25, 0.3) is 0 Å². The molecule has 0 aliphatic heterocycles. The van der Waals surface area contributed by atoms with E-state index >= 15 is 0 Å². The van der Waals surface area contributed by atoms with Gasteiger partial charge in [-0.3, -0.25) is 14.4 Å². The second kappa shape index (κ2) is 63.3. The van der Waals surface area contributed by atoms with Gasteiger partial charge in [0.15, 0.2) is 6.10 Å². The van der Waals surface area contributed by atoms with Gasteiger partial charge in [0.2, 0.25) is 0 Å². The topological polar surface area (TPSA) is 78.9 Å². The molecule has 0 aromatic rings. The number of ether oxygens (including phenoxy) is 3. The standard InChI is InChI=1S/C71H110O6/c1-4-7-10-13-16-19-22-24-26-28-30-31-32-33-34-35-36-37-38-39-41-42-44-46-49-52-55-58-61-64-70(73)76-67-68(66-75-69(72)63-60-57-54-51-48-21-18-15-12-9-6-3)77-71(74)65-62-59-56-53-50-47-45-43-40-29-27-25-23-20-17-14-11-8-5-2/h7-8,10-11,15-20,24-27,30-31,33-34,36-37,39-41,43,47,50,56,59,68H,4-6,9,12-14,21-23,28-29,32,35,38,42,44-46,48-49,51-55,57-58,60-67H2,1-3H3/b10-7-,11-8-,18-15-,19-16-,20-17-,26-24-,27-25-,31-30-,34-33-,37-36-,41-39-,43-40-,50-47-,59-56-. The van der Waals surface area contributed by atoms with E-state index in [2.05, 4.69) is 179 Å². The Morgan fingerprint density at radius 3 is 0.857 bits per heavy atom. The van der Waals surface area contributed by atoms with Crippen molar-refractivity contribution >= 4 is 17.9 Å². The number of rotatable bonds is 53. The molecule has 77 heavy (non-hydrogen) atoms. The normalized spacial score (nSPS) is 13.3. The van der Waals surface area contributed by atoms with Crippen LogP contribution in [0.3, 0.4) is 0 Å². The first-order chi connectivity index (χ1) is 38.0. The highest BCUT2D eigenvalue weighted by atomic mass is 16.6. The second-order valence-electron chi connectivity index (χ2n) is 19.5. The SMILES string of the molecule is CC/C=C\C/C=C\C/C=C\C/C=C\C/C=C\C/C=C\C/C=C\CCCCCCCCCC(=O)OCC(COC(=O)CCCCCCC/C=C\CCCC)OC(=O)CC/C=C\C/C=C\C/C=C\C/C=C\C/C=C\C/C=C\CC. The van der Waals surface area contributed by atoms with Gasteiger partial charge in [-0.2, -0.15) is 0 Å². The highest BCUT2D eigenvalue weighted by Crippen LogP contribution is 2.13. The number of hydrogen-bond acceptors (Lipinski definition) is 6. The summed E-state index contributed by atoms with van der Waals surface area (Å²) in [6.45, 7) is 6.28. The Bertz CT molecular complexity index is 1790. The molecular formula is C71H110O6. The molecule has 1 atom stereocenters. The fraction of sp³-hybridized carbons (Fsp3) is 0.563. The highest BCUT2D eigenvalue weighted by Gasteiger charge is 2.19. The van der Waals surface area contributed by atoms with E-state index in [0.717, 1.165) is 148 Å². The number of unbranched alkanes of at least 4 members (excludes halogenated alkanes) is 14. The van der Waals surface area contributed by atoms with E-state index in [0.29, 0.717) is 19.3 Å². The van der Waals surface area contributed by atoms with Gasteiger partial charge in [-0.1, -0.05) is 255 Å². The smallest absolute Gasteiger partial charge is 0.306 e. The van der Waals surface area contributed by atoms with Gasteiger partial charge in [0.05, 0.1) is 0 Å². The molecule has 0 aromatic heterocycles. The molecule has 1 unspecified atom stereocenters. The minimum Gasteiger partial charge on any atom is -0.462 e. The minimum atomic E-state index is -0.836. The zero-order valence-corrected chi connectivity index (χ0v) is 49.1. The summed E-state index contributed by atoms with van der Waals surface area (Å²) >= 11 is 0. The summed E-state index contributed by atoms with van der Waals surface area (Å²) in [7, 11) is 0. The molecule has 0 saturated carbocycles. The molecule has 6 nitrogen and oxygen atoms in total. The fourth-order valence-corrected chi connectivity index (χ4v) is 7.66. The van der Waals surface area contributed by atoms with Crippen molar-refractivity contribution < 1.29 is 28.6 Å². The van der Waals surface area contributed by atoms with Gasteiger partial charge in [-0.25, -0.2) is 0 Å². The minimum absolute atomic E-state index is 0.124. The number of hydrogen-bond donors (Lipinski definition) is 0. The van der Waals surface area contributed by atoms with Crippen molar-refractivity contribution in [3.05, 3.63) is 170 Å². The van der Waals surface area contributed by atoms with E-state index in [1.165, 1.54) is 44.9 Å². The van der Waals surface area contributed by atoms with Crippen molar-refractivity contribution in [1.82, 2.24) is 0 Å². The van der Waals surface area contributed by atoms with Gasteiger partial charge in [0.1, 0.15) is 13.2 Å². The predicted molar refractivity (Wildman–Crippen MR) is 334 cm³/mol. The van der Waals surface area contributed by atoms with Gasteiger partial charge in [-0.05, 0) is 135 Å². The third-order valence-electron chi connectivity index (χ3n) is 12.2. The molecule has 0 rings (SSSR count). The Balaban J connectivity index is 4.43. The first-order valence-electron chi connectivity index (χ1n) is 30.6. The average Bonchev–Trinajstić information content (AvgIpc) is 3.43. The van der Waals surface area contributed by atoms with E-state index in [9.17, 15) is 14.4 Å². The monoisotopic (exact) mass is 1060 g/mol. The maximum absolute atomic E-state index is 12.8. The first-order valence-corrected chi connectivity index (χ1v) is 30.6. The van der Waals surface area contributed by atoms with E-state index in [-0.39, 0.29) is 31.6 Å². The maximum Gasteiger partial charge on any atom is 0.306 e. The van der Waals surface area contributed by atoms with Crippen molar-refractivity contribution in [2.75, 3.05) is 13.2 Å². The molecule has 0 aliphatic carbocycles. The van der Waals surface area contributed by atoms with Crippen LogP contribution in [0, 0.1) is 0 Å². The summed E-state index contributed by atoms with van der Waals surface area (Å²) in [5.74, 6) is -1.04. The Morgan fingerprint density at radius 2 is 0.532 bits per heavy atom. The Hall–Kier alpha value is -5.23. The molecule has 0 aromatic carbocycles. The van der Waals surface area contributed by atoms with Crippen LogP contribution >= 0.6 is 0 Å². The molecule has 0 heterocycles. The summed E-state index contributed by atoms with van der Waals surface area (Å²) in [5.41, 5.74) is 0. The van der Waals surface area contributed by atoms with Crippen LogP contribution in [0.1, 0.15) is 239 Å². The lowest BCUT2D eigenvalue weighted by molar-refractivity contribution is -0.166. The molecule has 0 saturated heterocycles. The molecule has 0 spiro atoms. The van der Waals surface area contributed by atoms with Gasteiger partial charge in [0, 0.05) is 19.3 Å². The summed E-state index contributed by atoms with van der Waals surface area (Å²) in [4.78, 5) is 38.2. The molecule has 6 heteroatoms. The van der Waals surface area contributed by atoms with Crippen LogP contribution in [-0.4, -0.2) is 37.2 Å². The average molecular weight is 1060 g/mol. The molecule has 430 valence electrons. The van der Waals surface area contributed by atoms with E-state index < -0.39 is 12.1 Å². The third-order valence-corrected chi connectivity index (χ3v) is 12.2. The number of allylic oxidation sites excluding steroid dienone is 28. The molecule has 0 radical (unpaired) electrons. The van der Waals surface area contributed by atoms with Crippen molar-refractivity contribution in [1.29, 1.82) is 0 Å². The second-order valence-corrected chi connectivity index (χ2v) is 19.5. The van der Waals surface area contributed by atoms with Crippen molar-refractivity contribution in [2.45, 2.75) is 245 Å². The van der Waals surface area contributed by atoms with Crippen molar-refractivity contribution in [3.63, 3.8) is 0 Å². The quantitative estimate of drug-likeness (QED) is 0.0261. The molecule has 0 N–H and O–H groups in total. The van der Waals surface area contributed by atoms with Crippen LogP contribution in [0.4, 0.5) is 0 Å². The summed E-state index contributed by atoms with van der Waals surface area (Å²) in [5, 5.41) is 0. The molecule has 0 aliphatic rings. The van der Waals surface area contributed by atoms with Gasteiger partial charge >= 0.3 is 17.9 Å². The summed E-state index contributed by atoms with van der Waals surface area (Å²) in [6.07, 6.45) is 93.7. The van der Waals surface area contributed by atoms with E-state index in [1.807, 2.05) is 12.2 Å². The Kier molecular flexibility index (Phi) is 59.0. The van der Waals surface area contributed by atoms with Crippen LogP contribution < -0.4 is 0 Å². The number of carbonyl (C=O) groups is 3. The van der Waals surface area contributed by atoms with Crippen LogP contribution in [-0.2, 0) is 28.6 Å². The third kappa shape index (κ3) is 61.5.